The molecule has 0 atom stereocenters. The summed E-state index contributed by atoms with van der Waals surface area (Å²) in [4.78, 5) is 13.3. The average molecular weight is 483 g/mol. The van der Waals surface area contributed by atoms with Crippen LogP contribution in [0.3, 0.4) is 0 Å². The Morgan fingerprint density at radius 1 is 1.16 bits per heavy atom. The summed E-state index contributed by atoms with van der Waals surface area (Å²) >= 11 is 7.39. The maximum Gasteiger partial charge on any atom is 0.335 e. The Bertz CT molecular complexity index is 1040. The van der Waals surface area contributed by atoms with Crippen LogP contribution in [-0.2, 0) is 31.0 Å². The van der Waals surface area contributed by atoms with Gasteiger partial charge in [-0.25, -0.2) is 0 Å². The SMILES string of the molecule is CCOP(=O)(Cc1ccc(NC(=O)CCc2cnoc2-c2ccc(Cl)s2)cc1)OCC. The lowest BCUT2D eigenvalue weighted by atomic mass is 10.1. The fourth-order valence-electron chi connectivity index (χ4n) is 2.99. The first-order valence-electron chi connectivity index (χ1n) is 9.88. The molecular weight excluding hydrogens is 459 g/mol. The average Bonchev–Trinajstić information content (AvgIpc) is 3.36. The second-order valence-electron chi connectivity index (χ2n) is 6.63. The molecule has 10 heteroatoms. The van der Waals surface area contributed by atoms with Gasteiger partial charge in [-0.05, 0) is 50.1 Å². The predicted molar refractivity (Wildman–Crippen MR) is 123 cm³/mol. The molecular formula is C21H24ClN2O5PS. The molecule has 1 aromatic carbocycles. The van der Waals surface area contributed by atoms with Crippen molar-refractivity contribution in [3.63, 3.8) is 0 Å². The molecule has 0 spiro atoms. The lowest BCUT2D eigenvalue weighted by molar-refractivity contribution is -0.116. The van der Waals surface area contributed by atoms with E-state index in [1.807, 2.05) is 6.07 Å². The maximum atomic E-state index is 12.6. The van der Waals surface area contributed by atoms with Crippen LogP contribution in [0.15, 0.2) is 47.1 Å². The van der Waals surface area contributed by atoms with Crippen molar-refractivity contribution in [3.8, 4) is 10.6 Å². The van der Waals surface area contributed by atoms with Crippen molar-refractivity contribution in [1.82, 2.24) is 5.16 Å². The standard InChI is InChI=1S/C21H24ClN2O5PS/c1-3-27-30(26,28-4-2)14-15-5-8-17(9-6-15)24-20(25)12-7-16-13-23-29-21(16)18-10-11-19(22)31-18/h5-6,8-11,13H,3-4,7,12,14H2,1-2H3,(H,24,25). The molecule has 2 aromatic heterocycles. The third kappa shape index (κ3) is 6.76. The van der Waals surface area contributed by atoms with E-state index in [1.165, 1.54) is 11.3 Å². The summed E-state index contributed by atoms with van der Waals surface area (Å²) in [6.07, 6.45) is 2.58. The van der Waals surface area contributed by atoms with E-state index in [2.05, 4.69) is 10.5 Å². The quantitative estimate of drug-likeness (QED) is 0.318. The molecule has 31 heavy (non-hydrogen) atoms. The smallest absolute Gasteiger partial charge is 0.335 e. The van der Waals surface area contributed by atoms with Gasteiger partial charge in [0.25, 0.3) is 0 Å². The van der Waals surface area contributed by atoms with E-state index in [0.717, 1.165) is 16.0 Å². The van der Waals surface area contributed by atoms with Gasteiger partial charge in [-0.1, -0.05) is 28.9 Å². The third-order valence-electron chi connectivity index (χ3n) is 4.33. The molecule has 0 saturated carbocycles. The highest BCUT2D eigenvalue weighted by molar-refractivity contribution is 7.53. The molecule has 2 heterocycles. The van der Waals surface area contributed by atoms with Gasteiger partial charge >= 0.3 is 7.60 Å². The largest absolute Gasteiger partial charge is 0.355 e. The second kappa shape index (κ2) is 11.1. The molecule has 1 N–H and O–H groups in total. The molecule has 0 aliphatic heterocycles. The molecule has 0 saturated heterocycles. The highest BCUT2D eigenvalue weighted by Gasteiger charge is 2.24. The first kappa shape index (κ1) is 23.7. The summed E-state index contributed by atoms with van der Waals surface area (Å²) in [5, 5.41) is 6.72. The summed E-state index contributed by atoms with van der Waals surface area (Å²) in [5.74, 6) is 0.514. The number of amides is 1. The number of carbonyl (C=O) groups is 1. The van der Waals surface area contributed by atoms with Gasteiger partial charge in [-0.3, -0.25) is 9.36 Å². The van der Waals surface area contributed by atoms with Crippen molar-refractivity contribution in [1.29, 1.82) is 0 Å². The minimum atomic E-state index is -3.16. The zero-order valence-electron chi connectivity index (χ0n) is 17.3. The lowest BCUT2D eigenvalue weighted by Crippen LogP contribution is -2.12. The van der Waals surface area contributed by atoms with Gasteiger partial charge in [0.2, 0.25) is 5.91 Å². The van der Waals surface area contributed by atoms with Crippen molar-refractivity contribution in [2.24, 2.45) is 0 Å². The van der Waals surface area contributed by atoms with Gasteiger partial charge in [0, 0.05) is 17.7 Å². The monoisotopic (exact) mass is 482 g/mol. The molecule has 166 valence electrons. The van der Waals surface area contributed by atoms with E-state index in [9.17, 15) is 9.36 Å². The van der Waals surface area contributed by atoms with Crippen molar-refractivity contribution >= 4 is 42.1 Å². The molecule has 0 radical (unpaired) electrons. The van der Waals surface area contributed by atoms with Crippen molar-refractivity contribution in [2.45, 2.75) is 32.9 Å². The van der Waals surface area contributed by atoms with Crippen molar-refractivity contribution < 1.29 is 22.9 Å². The topological polar surface area (TPSA) is 90.7 Å². The Kier molecular flexibility index (Phi) is 8.46. The third-order valence-corrected chi connectivity index (χ3v) is 7.61. The summed E-state index contributed by atoms with van der Waals surface area (Å²) in [6, 6.07) is 10.8. The van der Waals surface area contributed by atoms with Gasteiger partial charge in [0.05, 0.1) is 34.8 Å². The van der Waals surface area contributed by atoms with Crippen molar-refractivity contribution in [3.05, 3.63) is 58.1 Å². The number of hydrogen-bond donors (Lipinski definition) is 1. The molecule has 0 aliphatic carbocycles. The van der Waals surface area contributed by atoms with Crippen molar-refractivity contribution in [2.75, 3.05) is 18.5 Å². The zero-order valence-corrected chi connectivity index (χ0v) is 19.8. The summed E-state index contributed by atoms with van der Waals surface area (Å²) < 4.78 is 29.3. The first-order chi connectivity index (χ1) is 14.9. The number of nitrogens with zero attached hydrogens (tertiary/aromatic N) is 1. The highest BCUT2D eigenvalue weighted by atomic mass is 35.5. The van der Waals surface area contributed by atoms with E-state index in [-0.39, 0.29) is 18.5 Å². The number of rotatable bonds is 11. The van der Waals surface area contributed by atoms with Gasteiger partial charge in [0.1, 0.15) is 0 Å². The Labute approximate surface area is 190 Å². The van der Waals surface area contributed by atoms with Gasteiger partial charge < -0.3 is 18.9 Å². The number of carbonyl (C=O) groups excluding carboxylic acids is 1. The Morgan fingerprint density at radius 3 is 2.48 bits per heavy atom. The molecule has 1 amide bonds. The van der Waals surface area contributed by atoms with E-state index in [1.54, 1.807) is 50.4 Å². The minimum Gasteiger partial charge on any atom is -0.355 e. The normalized spacial score (nSPS) is 11.6. The second-order valence-corrected chi connectivity index (χ2v) is 10.4. The fourth-order valence-corrected chi connectivity index (χ4v) is 5.75. The van der Waals surface area contributed by atoms with Crippen LogP contribution in [0.5, 0.6) is 0 Å². The van der Waals surface area contributed by atoms with Crippen LogP contribution in [0, 0.1) is 0 Å². The number of anilines is 1. The van der Waals surface area contributed by atoms with Crippen LogP contribution in [0.4, 0.5) is 5.69 Å². The van der Waals surface area contributed by atoms with Crippen LogP contribution < -0.4 is 5.32 Å². The lowest BCUT2D eigenvalue weighted by Gasteiger charge is -2.17. The number of thiophene rings is 1. The fraction of sp³-hybridized carbons (Fsp3) is 0.333. The van der Waals surface area contributed by atoms with Crippen LogP contribution in [-0.4, -0.2) is 24.3 Å². The Balaban J connectivity index is 1.55. The molecule has 0 aliphatic rings. The Morgan fingerprint density at radius 2 is 1.87 bits per heavy atom. The number of hydrogen-bond acceptors (Lipinski definition) is 7. The van der Waals surface area contributed by atoms with Gasteiger partial charge in [0.15, 0.2) is 5.76 Å². The highest BCUT2D eigenvalue weighted by Crippen LogP contribution is 2.51. The van der Waals surface area contributed by atoms with Gasteiger partial charge in [-0.15, -0.1) is 11.3 Å². The van der Waals surface area contributed by atoms with E-state index >= 15 is 0 Å². The summed E-state index contributed by atoms with van der Waals surface area (Å²) in [6.45, 7) is 4.20. The molecule has 3 rings (SSSR count). The number of benzene rings is 1. The number of aryl methyl sites for hydroxylation is 1. The molecule has 3 aromatic rings. The van der Waals surface area contributed by atoms with E-state index in [4.69, 9.17) is 25.2 Å². The summed E-state index contributed by atoms with van der Waals surface area (Å²) in [5.41, 5.74) is 2.32. The zero-order chi connectivity index (χ0) is 22.3. The van der Waals surface area contributed by atoms with Crippen LogP contribution in [0.2, 0.25) is 4.34 Å². The van der Waals surface area contributed by atoms with E-state index in [0.29, 0.717) is 35.4 Å². The maximum absolute atomic E-state index is 12.6. The Hall–Kier alpha value is -1.96. The molecule has 0 fully saturated rings. The number of aromatic nitrogens is 1. The van der Waals surface area contributed by atoms with Gasteiger partial charge in [-0.2, -0.15) is 0 Å². The first-order valence-corrected chi connectivity index (χ1v) is 12.8. The van der Waals surface area contributed by atoms with Crippen LogP contribution in [0.1, 0.15) is 31.4 Å². The van der Waals surface area contributed by atoms with Crippen LogP contribution >= 0.6 is 30.5 Å². The van der Waals surface area contributed by atoms with E-state index < -0.39 is 7.60 Å². The minimum absolute atomic E-state index is 0.126. The number of nitrogens with one attached hydrogen (secondary N) is 1. The predicted octanol–water partition coefficient (Wildman–Crippen LogP) is 6.39. The van der Waals surface area contributed by atoms with Crippen LogP contribution in [0.25, 0.3) is 10.6 Å². The number of halogens is 1. The molecule has 0 unspecified atom stereocenters. The molecule has 7 nitrogen and oxygen atoms in total. The summed E-state index contributed by atoms with van der Waals surface area (Å²) in [7, 11) is -3.16. The molecule has 0 bridgehead atoms.